The lowest BCUT2D eigenvalue weighted by Gasteiger charge is -1.96. The van der Waals surface area contributed by atoms with Crippen LogP contribution in [0.15, 0.2) is 43.0 Å². The fraction of sp³-hybridized carbons (Fsp3) is 0.286. The summed E-state index contributed by atoms with van der Waals surface area (Å²) in [7, 11) is 0. The summed E-state index contributed by atoms with van der Waals surface area (Å²) in [5.74, 6) is 6.30. The van der Waals surface area contributed by atoms with Crippen LogP contribution in [0.1, 0.15) is 18.4 Å². The van der Waals surface area contributed by atoms with Crippen molar-refractivity contribution in [3.05, 3.63) is 48.6 Å². The van der Waals surface area contributed by atoms with Gasteiger partial charge in [0.1, 0.15) is 0 Å². The SMILES string of the molecule is C=CCNCCCC#Cc1ccccc1. The third-order valence-corrected chi connectivity index (χ3v) is 1.95. The molecule has 0 aromatic heterocycles. The van der Waals surface area contributed by atoms with Crippen molar-refractivity contribution in [2.45, 2.75) is 12.8 Å². The Bertz CT molecular complexity index is 329. The lowest BCUT2D eigenvalue weighted by Crippen LogP contribution is -2.14. The van der Waals surface area contributed by atoms with Gasteiger partial charge >= 0.3 is 0 Å². The zero-order valence-corrected chi connectivity index (χ0v) is 9.00. The van der Waals surface area contributed by atoms with Gasteiger partial charge in [0, 0.05) is 18.5 Å². The average molecular weight is 199 g/mol. The summed E-state index contributed by atoms with van der Waals surface area (Å²) in [5, 5.41) is 3.25. The van der Waals surface area contributed by atoms with Crippen molar-refractivity contribution in [2.24, 2.45) is 0 Å². The molecule has 0 aliphatic rings. The number of nitrogens with one attached hydrogen (secondary N) is 1. The van der Waals surface area contributed by atoms with Gasteiger partial charge in [-0.1, -0.05) is 36.1 Å². The predicted octanol–water partition coefficient (Wildman–Crippen LogP) is 2.59. The van der Waals surface area contributed by atoms with E-state index in [0.717, 1.165) is 31.5 Å². The Morgan fingerprint density at radius 1 is 1.27 bits per heavy atom. The summed E-state index contributed by atoms with van der Waals surface area (Å²) >= 11 is 0. The Hall–Kier alpha value is -1.52. The van der Waals surface area contributed by atoms with Crippen LogP contribution in [-0.2, 0) is 0 Å². The van der Waals surface area contributed by atoms with Gasteiger partial charge in [0.15, 0.2) is 0 Å². The largest absolute Gasteiger partial charge is 0.313 e. The molecular weight excluding hydrogens is 182 g/mol. The summed E-state index contributed by atoms with van der Waals surface area (Å²) in [5.41, 5.74) is 1.09. The Morgan fingerprint density at radius 2 is 2.07 bits per heavy atom. The van der Waals surface area contributed by atoms with Crippen LogP contribution in [-0.4, -0.2) is 13.1 Å². The molecule has 0 heterocycles. The fourth-order valence-corrected chi connectivity index (χ4v) is 1.19. The highest BCUT2D eigenvalue weighted by Crippen LogP contribution is 1.95. The average Bonchev–Trinajstić information content (AvgIpc) is 2.29. The van der Waals surface area contributed by atoms with Gasteiger partial charge in [0.25, 0.3) is 0 Å². The molecule has 0 aliphatic heterocycles. The smallest absolute Gasteiger partial charge is 0.0245 e. The highest BCUT2D eigenvalue weighted by atomic mass is 14.8. The van der Waals surface area contributed by atoms with Crippen molar-refractivity contribution in [2.75, 3.05) is 13.1 Å². The van der Waals surface area contributed by atoms with Gasteiger partial charge in [-0.05, 0) is 25.1 Å². The third-order valence-electron chi connectivity index (χ3n) is 1.95. The van der Waals surface area contributed by atoms with E-state index in [1.165, 1.54) is 0 Å². The maximum Gasteiger partial charge on any atom is 0.0245 e. The number of unbranched alkanes of at least 4 members (excludes halogenated alkanes) is 1. The second-order valence-corrected chi connectivity index (χ2v) is 3.26. The van der Waals surface area contributed by atoms with Crippen LogP contribution in [0.3, 0.4) is 0 Å². The van der Waals surface area contributed by atoms with E-state index in [1.54, 1.807) is 0 Å². The number of rotatable bonds is 5. The minimum Gasteiger partial charge on any atom is -0.313 e. The maximum absolute atomic E-state index is 3.64. The first kappa shape index (κ1) is 11.6. The zero-order valence-electron chi connectivity index (χ0n) is 9.00. The molecule has 15 heavy (non-hydrogen) atoms. The van der Waals surface area contributed by atoms with Crippen LogP contribution in [0.25, 0.3) is 0 Å². The highest BCUT2D eigenvalue weighted by molar-refractivity contribution is 5.33. The first-order chi connectivity index (χ1) is 7.43. The topological polar surface area (TPSA) is 12.0 Å². The van der Waals surface area contributed by atoms with Gasteiger partial charge in [-0.3, -0.25) is 0 Å². The quantitative estimate of drug-likeness (QED) is 0.436. The molecule has 1 nitrogen and oxygen atoms in total. The molecule has 0 spiro atoms. The van der Waals surface area contributed by atoms with Gasteiger partial charge in [-0.15, -0.1) is 6.58 Å². The van der Waals surface area contributed by atoms with Gasteiger partial charge in [0.2, 0.25) is 0 Å². The monoisotopic (exact) mass is 199 g/mol. The molecule has 0 unspecified atom stereocenters. The van der Waals surface area contributed by atoms with E-state index in [-0.39, 0.29) is 0 Å². The van der Waals surface area contributed by atoms with Crippen molar-refractivity contribution >= 4 is 0 Å². The van der Waals surface area contributed by atoms with E-state index >= 15 is 0 Å². The number of hydrogen-bond acceptors (Lipinski definition) is 1. The molecule has 0 fully saturated rings. The number of benzene rings is 1. The lowest BCUT2D eigenvalue weighted by atomic mass is 10.2. The highest BCUT2D eigenvalue weighted by Gasteiger charge is 1.84. The third kappa shape index (κ3) is 5.72. The van der Waals surface area contributed by atoms with Crippen molar-refractivity contribution < 1.29 is 0 Å². The van der Waals surface area contributed by atoms with Crippen LogP contribution in [0.4, 0.5) is 0 Å². The molecule has 1 aromatic rings. The molecule has 0 atom stereocenters. The van der Waals surface area contributed by atoms with Crippen LogP contribution in [0, 0.1) is 11.8 Å². The summed E-state index contributed by atoms with van der Waals surface area (Å²) in [6.45, 7) is 5.53. The first-order valence-electron chi connectivity index (χ1n) is 5.29. The van der Waals surface area contributed by atoms with Crippen molar-refractivity contribution in [1.29, 1.82) is 0 Å². The summed E-state index contributed by atoms with van der Waals surface area (Å²) in [6, 6.07) is 10.1. The Balaban J connectivity index is 2.15. The van der Waals surface area contributed by atoms with E-state index in [4.69, 9.17) is 0 Å². The second-order valence-electron chi connectivity index (χ2n) is 3.26. The zero-order chi connectivity index (χ0) is 10.8. The minimum absolute atomic E-state index is 0.881. The van der Waals surface area contributed by atoms with E-state index in [2.05, 4.69) is 23.7 Å². The second kappa shape index (κ2) is 7.84. The predicted molar refractivity (Wildman–Crippen MR) is 65.6 cm³/mol. The van der Waals surface area contributed by atoms with Gasteiger partial charge in [-0.2, -0.15) is 0 Å². The molecule has 0 saturated heterocycles. The maximum atomic E-state index is 3.64. The van der Waals surface area contributed by atoms with Crippen LogP contribution >= 0.6 is 0 Å². The summed E-state index contributed by atoms with van der Waals surface area (Å²) < 4.78 is 0. The van der Waals surface area contributed by atoms with E-state index in [9.17, 15) is 0 Å². The normalized spacial score (nSPS) is 9.07. The molecule has 1 N–H and O–H groups in total. The Labute approximate surface area is 92.2 Å². The Morgan fingerprint density at radius 3 is 2.80 bits per heavy atom. The molecule has 0 bridgehead atoms. The van der Waals surface area contributed by atoms with E-state index < -0.39 is 0 Å². The molecule has 78 valence electrons. The molecule has 0 radical (unpaired) electrons. The van der Waals surface area contributed by atoms with Crippen molar-refractivity contribution in [3.8, 4) is 11.8 Å². The van der Waals surface area contributed by atoms with E-state index in [0.29, 0.717) is 0 Å². The summed E-state index contributed by atoms with van der Waals surface area (Å²) in [4.78, 5) is 0. The molecule has 1 aromatic carbocycles. The van der Waals surface area contributed by atoms with Crippen molar-refractivity contribution in [3.63, 3.8) is 0 Å². The first-order valence-corrected chi connectivity index (χ1v) is 5.29. The minimum atomic E-state index is 0.881. The fourth-order valence-electron chi connectivity index (χ4n) is 1.19. The van der Waals surface area contributed by atoms with Crippen LogP contribution in [0.2, 0.25) is 0 Å². The molecule has 1 rings (SSSR count). The van der Waals surface area contributed by atoms with Crippen LogP contribution < -0.4 is 5.32 Å². The van der Waals surface area contributed by atoms with E-state index in [1.807, 2.05) is 36.4 Å². The van der Waals surface area contributed by atoms with Gasteiger partial charge in [0.05, 0.1) is 0 Å². The molecule has 0 amide bonds. The van der Waals surface area contributed by atoms with Crippen molar-refractivity contribution in [1.82, 2.24) is 5.32 Å². The standard InChI is InChI=1S/C14H17N/c1-2-12-15-13-8-4-7-11-14-9-5-3-6-10-14/h2-3,5-6,9-10,15H,1,4,8,12-13H2. The van der Waals surface area contributed by atoms with Gasteiger partial charge < -0.3 is 5.32 Å². The van der Waals surface area contributed by atoms with Gasteiger partial charge in [-0.25, -0.2) is 0 Å². The Kier molecular flexibility index (Phi) is 6.04. The summed E-state index contributed by atoms with van der Waals surface area (Å²) in [6.07, 6.45) is 3.91. The molecule has 0 saturated carbocycles. The lowest BCUT2D eigenvalue weighted by molar-refractivity contribution is 0.706. The molecule has 0 aliphatic carbocycles. The van der Waals surface area contributed by atoms with Crippen LogP contribution in [0.5, 0.6) is 0 Å². The molecular formula is C14H17N. The number of hydrogen-bond donors (Lipinski definition) is 1. The molecule has 1 heteroatoms.